The lowest BCUT2D eigenvalue weighted by atomic mass is 9.94. The maximum atomic E-state index is 11.8. The fourth-order valence-corrected chi connectivity index (χ4v) is 1.14. The van der Waals surface area contributed by atoms with E-state index in [2.05, 4.69) is 13.8 Å². The van der Waals surface area contributed by atoms with Crippen LogP contribution < -0.4 is 0 Å². The third-order valence-corrected chi connectivity index (χ3v) is 1.98. The van der Waals surface area contributed by atoms with Crippen molar-refractivity contribution in [3.8, 4) is 0 Å². The Kier molecular flexibility index (Phi) is 5.04. The first-order valence-electron chi connectivity index (χ1n) is 5.02. The molecule has 0 atom stereocenters. The highest BCUT2D eigenvalue weighted by molar-refractivity contribution is 5.81. The summed E-state index contributed by atoms with van der Waals surface area (Å²) in [4.78, 5) is 13.6. The molecule has 0 aromatic rings. The van der Waals surface area contributed by atoms with Gasteiger partial charge in [0.05, 0.1) is 0 Å². The van der Waals surface area contributed by atoms with Crippen molar-refractivity contribution in [1.29, 1.82) is 0 Å². The first-order chi connectivity index (χ1) is 5.93. The van der Waals surface area contributed by atoms with E-state index in [1.807, 2.05) is 25.7 Å². The van der Waals surface area contributed by atoms with Gasteiger partial charge in [0.25, 0.3) is 0 Å². The maximum absolute atomic E-state index is 11.8. The van der Waals surface area contributed by atoms with E-state index in [9.17, 15) is 4.79 Å². The highest BCUT2D eigenvalue weighted by Gasteiger charge is 2.25. The molecule has 0 spiro atoms. The van der Waals surface area contributed by atoms with E-state index >= 15 is 0 Å². The van der Waals surface area contributed by atoms with E-state index in [0.717, 1.165) is 19.4 Å². The standard InChI is InChI=1S/C11H22NO/c1-6-8-9-12(7-2)10(13)11(3,4)5/h2,6-9H2,1,3-5H3. The largest absolute Gasteiger partial charge is 0.342 e. The normalized spacial score (nSPS) is 11.5. The Morgan fingerprint density at radius 3 is 2.23 bits per heavy atom. The van der Waals surface area contributed by atoms with Crippen LogP contribution in [-0.2, 0) is 4.79 Å². The lowest BCUT2D eigenvalue weighted by Gasteiger charge is -2.28. The van der Waals surface area contributed by atoms with Crippen LogP contribution in [0.25, 0.3) is 0 Å². The first-order valence-corrected chi connectivity index (χ1v) is 5.02. The molecule has 1 radical (unpaired) electrons. The van der Waals surface area contributed by atoms with E-state index in [0.29, 0.717) is 6.54 Å². The predicted octanol–water partition coefficient (Wildman–Crippen LogP) is 2.50. The summed E-state index contributed by atoms with van der Waals surface area (Å²) in [6, 6.07) is 0. The molecule has 0 heterocycles. The molecule has 0 aliphatic heterocycles. The average Bonchev–Trinajstić information content (AvgIpc) is 2.04. The number of rotatable bonds is 4. The minimum atomic E-state index is -0.272. The van der Waals surface area contributed by atoms with E-state index in [-0.39, 0.29) is 11.3 Å². The molecule has 0 fully saturated rings. The number of unbranched alkanes of at least 4 members (excludes halogenated alkanes) is 1. The highest BCUT2D eigenvalue weighted by Crippen LogP contribution is 2.17. The van der Waals surface area contributed by atoms with Crippen LogP contribution >= 0.6 is 0 Å². The van der Waals surface area contributed by atoms with Gasteiger partial charge in [0, 0.05) is 18.5 Å². The van der Waals surface area contributed by atoms with Crippen molar-refractivity contribution in [2.45, 2.75) is 40.5 Å². The average molecular weight is 184 g/mol. The van der Waals surface area contributed by atoms with Crippen LogP contribution in [0.15, 0.2) is 0 Å². The Hall–Kier alpha value is -0.530. The Balaban J connectivity index is 4.16. The van der Waals surface area contributed by atoms with Crippen LogP contribution in [-0.4, -0.2) is 23.9 Å². The molecule has 0 bridgehead atoms. The summed E-state index contributed by atoms with van der Waals surface area (Å²) >= 11 is 0. The van der Waals surface area contributed by atoms with Crippen LogP contribution in [0.3, 0.4) is 0 Å². The molecule has 0 N–H and O–H groups in total. The van der Waals surface area contributed by atoms with Crippen molar-refractivity contribution in [3.05, 3.63) is 6.92 Å². The van der Waals surface area contributed by atoms with Gasteiger partial charge in [-0.1, -0.05) is 34.1 Å². The minimum absolute atomic E-state index is 0.205. The van der Waals surface area contributed by atoms with Crippen molar-refractivity contribution in [1.82, 2.24) is 4.90 Å². The molecule has 0 saturated heterocycles. The first kappa shape index (κ1) is 12.5. The topological polar surface area (TPSA) is 20.3 Å². The molecule has 0 unspecified atom stereocenters. The van der Waals surface area contributed by atoms with Gasteiger partial charge < -0.3 is 4.90 Å². The summed E-state index contributed by atoms with van der Waals surface area (Å²) in [5.74, 6) is 0.205. The summed E-state index contributed by atoms with van der Waals surface area (Å²) in [5.41, 5.74) is -0.272. The number of amides is 1. The molecule has 2 nitrogen and oxygen atoms in total. The fraction of sp³-hybridized carbons (Fsp3) is 0.818. The van der Waals surface area contributed by atoms with Crippen LogP contribution in [0.1, 0.15) is 40.5 Å². The SMILES string of the molecule is [CH2]CN(CCCC)C(=O)C(C)(C)C. The summed E-state index contributed by atoms with van der Waals surface area (Å²) in [5, 5.41) is 0. The molecule has 1 amide bonds. The summed E-state index contributed by atoms with van der Waals surface area (Å²) < 4.78 is 0. The molecule has 2 heteroatoms. The number of carbonyl (C=O) groups is 1. The van der Waals surface area contributed by atoms with Crippen LogP contribution in [0.2, 0.25) is 0 Å². The molecule has 13 heavy (non-hydrogen) atoms. The monoisotopic (exact) mass is 184 g/mol. The number of carbonyl (C=O) groups excluding carboxylic acids is 1. The molecule has 0 aliphatic rings. The second-order valence-corrected chi connectivity index (χ2v) is 4.40. The van der Waals surface area contributed by atoms with Gasteiger partial charge in [-0.15, -0.1) is 0 Å². The van der Waals surface area contributed by atoms with Gasteiger partial charge in [-0.2, -0.15) is 0 Å². The van der Waals surface area contributed by atoms with E-state index in [1.54, 1.807) is 0 Å². The Labute approximate surface area is 82.3 Å². The zero-order chi connectivity index (χ0) is 10.5. The summed E-state index contributed by atoms with van der Waals surface area (Å²) in [6.07, 6.45) is 2.19. The van der Waals surface area contributed by atoms with Gasteiger partial charge in [-0.3, -0.25) is 4.79 Å². The van der Waals surface area contributed by atoms with E-state index in [1.165, 1.54) is 0 Å². The smallest absolute Gasteiger partial charge is 0.227 e. The molecule has 77 valence electrons. The Morgan fingerprint density at radius 1 is 1.38 bits per heavy atom. The van der Waals surface area contributed by atoms with E-state index in [4.69, 9.17) is 0 Å². The summed E-state index contributed by atoms with van der Waals surface area (Å²) in [7, 11) is 0. The van der Waals surface area contributed by atoms with Crippen LogP contribution in [0, 0.1) is 12.3 Å². The molecular formula is C11H22NO. The van der Waals surface area contributed by atoms with Crippen molar-refractivity contribution in [2.24, 2.45) is 5.41 Å². The zero-order valence-corrected chi connectivity index (χ0v) is 9.39. The van der Waals surface area contributed by atoms with Crippen LogP contribution in [0.4, 0.5) is 0 Å². The number of hydrogen-bond acceptors (Lipinski definition) is 1. The van der Waals surface area contributed by atoms with Crippen molar-refractivity contribution < 1.29 is 4.79 Å². The lowest BCUT2D eigenvalue weighted by Crippen LogP contribution is -2.39. The molecule has 0 aliphatic carbocycles. The maximum Gasteiger partial charge on any atom is 0.227 e. The third-order valence-electron chi connectivity index (χ3n) is 1.98. The zero-order valence-electron chi connectivity index (χ0n) is 9.39. The van der Waals surface area contributed by atoms with Crippen molar-refractivity contribution >= 4 is 5.91 Å². The fourth-order valence-electron chi connectivity index (χ4n) is 1.14. The van der Waals surface area contributed by atoms with Gasteiger partial charge in [0.15, 0.2) is 0 Å². The quantitative estimate of drug-likeness (QED) is 0.657. The predicted molar refractivity (Wildman–Crippen MR) is 56.3 cm³/mol. The van der Waals surface area contributed by atoms with Crippen molar-refractivity contribution in [2.75, 3.05) is 13.1 Å². The Bertz CT molecular complexity index is 158. The van der Waals surface area contributed by atoms with Gasteiger partial charge in [-0.25, -0.2) is 0 Å². The van der Waals surface area contributed by atoms with Gasteiger partial charge in [0.2, 0.25) is 5.91 Å². The molecule has 0 rings (SSSR count). The summed E-state index contributed by atoms with van der Waals surface area (Å²) in [6.45, 7) is 13.2. The van der Waals surface area contributed by atoms with Crippen LogP contribution in [0.5, 0.6) is 0 Å². The lowest BCUT2D eigenvalue weighted by molar-refractivity contribution is -0.139. The molecule has 0 saturated carbocycles. The second kappa shape index (κ2) is 5.25. The van der Waals surface area contributed by atoms with Gasteiger partial charge >= 0.3 is 0 Å². The highest BCUT2D eigenvalue weighted by atomic mass is 16.2. The number of nitrogens with zero attached hydrogens (tertiary/aromatic N) is 1. The second-order valence-electron chi connectivity index (χ2n) is 4.40. The third kappa shape index (κ3) is 4.30. The molecular weight excluding hydrogens is 162 g/mol. The van der Waals surface area contributed by atoms with E-state index < -0.39 is 0 Å². The van der Waals surface area contributed by atoms with Gasteiger partial charge in [0.1, 0.15) is 0 Å². The number of hydrogen-bond donors (Lipinski definition) is 0. The minimum Gasteiger partial charge on any atom is -0.342 e. The Morgan fingerprint density at radius 2 is 1.92 bits per heavy atom. The molecule has 0 aromatic carbocycles. The van der Waals surface area contributed by atoms with Crippen molar-refractivity contribution in [3.63, 3.8) is 0 Å². The van der Waals surface area contributed by atoms with Gasteiger partial charge in [-0.05, 0) is 13.3 Å². The molecule has 0 aromatic heterocycles.